The van der Waals surface area contributed by atoms with Crippen molar-refractivity contribution in [3.63, 3.8) is 0 Å². The van der Waals surface area contributed by atoms with E-state index in [-0.39, 0.29) is 19.1 Å². The van der Waals surface area contributed by atoms with Gasteiger partial charge in [0.25, 0.3) is 0 Å². The van der Waals surface area contributed by atoms with Crippen LogP contribution in [-0.4, -0.2) is 34.5 Å². The number of rotatable bonds is 5. The summed E-state index contributed by atoms with van der Waals surface area (Å²) >= 11 is 6.02. The van der Waals surface area contributed by atoms with Crippen molar-refractivity contribution >= 4 is 41.8 Å². The topological polar surface area (TPSA) is 37.3 Å². The Kier molecular flexibility index (Phi) is 5.82. The number of aliphatic hydroxyl groups is 1. The van der Waals surface area contributed by atoms with Crippen LogP contribution in [0.5, 0.6) is 0 Å². The number of aliphatic hydroxyl groups excluding tert-OH is 1. The van der Waals surface area contributed by atoms with Crippen LogP contribution in [0.3, 0.4) is 0 Å². The predicted molar refractivity (Wildman–Crippen MR) is 85.2 cm³/mol. The van der Waals surface area contributed by atoms with E-state index in [0.29, 0.717) is 9.92 Å². The molecule has 2 nitrogen and oxygen atoms in total. The van der Waals surface area contributed by atoms with Crippen molar-refractivity contribution in [3.8, 4) is 0 Å². The molecule has 0 heterocycles. The molecular formula is C15H15ClO2SSe. The molecule has 0 aromatic heterocycles. The summed E-state index contributed by atoms with van der Waals surface area (Å²) in [5, 5.41) is 10.5. The van der Waals surface area contributed by atoms with Crippen molar-refractivity contribution in [1.29, 1.82) is 0 Å². The molecule has 1 N–H and O–H groups in total. The summed E-state index contributed by atoms with van der Waals surface area (Å²) < 4.78 is 13.5. The molecule has 20 heavy (non-hydrogen) atoms. The van der Waals surface area contributed by atoms with Crippen molar-refractivity contribution in [2.75, 3.05) is 0 Å². The van der Waals surface area contributed by atoms with Gasteiger partial charge >= 0.3 is 133 Å². The quantitative estimate of drug-likeness (QED) is 0.816. The summed E-state index contributed by atoms with van der Waals surface area (Å²) in [6.07, 6.45) is -0.646. The van der Waals surface area contributed by atoms with Crippen LogP contribution in [0.25, 0.3) is 0 Å². The van der Waals surface area contributed by atoms with E-state index in [9.17, 15) is 9.32 Å². The molecule has 0 spiro atoms. The molecule has 106 valence electrons. The molecule has 2 rings (SSSR count). The van der Waals surface area contributed by atoms with Crippen molar-refractivity contribution in [2.24, 2.45) is 0 Å². The van der Waals surface area contributed by atoms with Crippen LogP contribution in [0.15, 0.2) is 59.5 Å². The summed E-state index contributed by atoms with van der Waals surface area (Å²) in [5.74, 6) is 0. The SMILES string of the molecule is C[C@H](O)C([Se]c1ccccc1)[S@@](=O)c1ccccc1Cl. The zero-order chi connectivity index (χ0) is 14.5. The summed E-state index contributed by atoms with van der Waals surface area (Å²) in [6, 6.07) is 17.0. The molecule has 0 amide bonds. The van der Waals surface area contributed by atoms with Crippen molar-refractivity contribution in [1.82, 2.24) is 0 Å². The van der Waals surface area contributed by atoms with Gasteiger partial charge in [-0.25, -0.2) is 0 Å². The van der Waals surface area contributed by atoms with Crippen LogP contribution >= 0.6 is 11.6 Å². The van der Waals surface area contributed by atoms with E-state index in [1.54, 1.807) is 19.1 Å². The first-order valence-corrected chi connectivity index (χ1v) is 9.58. The van der Waals surface area contributed by atoms with Crippen molar-refractivity contribution in [3.05, 3.63) is 59.6 Å². The van der Waals surface area contributed by atoms with Crippen LogP contribution < -0.4 is 4.46 Å². The van der Waals surface area contributed by atoms with Gasteiger partial charge in [-0.05, 0) is 0 Å². The Hall–Kier alpha value is -0.641. The van der Waals surface area contributed by atoms with E-state index in [4.69, 9.17) is 11.6 Å². The minimum absolute atomic E-state index is 0.0839. The normalized spacial score (nSPS) is 15.6. The van der Waals surface area contributed by atoms with Gasteiger partial charge < -0.3 is 0 Å². The fraction of sp³-hybridized carbons (Fsp3) is 0.200. The maximum atomic E-state index is 12.7. The molecule has 0 aliphatic heterocycles. The maximum absolute atomic E-state index is 12.7. The number of hydrogen-bond acceptors (Lipinski definition) is 2. The van der Waals surface area contributed by atoms with Gasteiger partial charge in [0.15, 0.2) is 0 Å². The zero-order valence-electron chi connectivity index (χ0n) is 10.9. The molecule has 2 aromatic rings. The Morgan fingerprint density at radius 1 is 1.10 bits per heavy atom. The molecule has 0 bridgehead atoms. The second-order valence-electron chi connectivity index (χ2n) is 4.27. The Morgan fingerprint density at radius 2 is 1.70 bits per heavy atom. The summed E-state index contributed by atoms with van der Waals surface area (Å²) in [7, 11) is -1.32. The molecule has 0 aliphatic rings. The van der Waals surface area contributed by atoms with Crippen LogP contribution in [0.1, 0.15) is 6.92 Å². The summed E-state index contributed by atoms with van der Waals surface area (Å²) in [6.45, 7) is 1.68. The van der Waals surface area contributed by atoms with E-state index in [1.807, 2.05) is 42.5 Å². The Labute approximate surface area is 132 Å². The first-order valence-electron chi connectivity index (χ1n) is 6.14. The van der Waals surface area contributed by atoms with E-state index >= 15 is 0 Å². The van der Waals surface area contributed by atoms with Gasteiger partial charge in [0.1, 0.15) is 0 Å². The van der Waals surface area contributed by atoms with Gasteiger partial charge in [-0.3, -0.25) is 0 Å². The minimum atomic E-state index is -1.32. The second-order valence-corrected chi connectivity index (χ2v) is 9.44. The van der Waals surface area contributed by atoms with Crippen LogP contribution in [0, 0.1) is 0 Å². The summed E-state index contributed by atoms with van der Waals surface area (Å²) in [4.78, 5) is 0.595. The fourth-order valence-corrected chi connectivity index (χ4v) is 6.63. The average Bonchev–Trinajstić information content (AvgIpc) is 2.45. The first-order chi connectivity index (χ1) is 9.59. The number of halogens is 1. The Morgan fingerprint density at radius 3 is 2.30 bits per heavy atom. The molecular weight excluding hydrogens is 359 g/mol. The van der Waals surface area contributed by atoms with Crippen LogP contribution in [0.2, 0.25) is 5.02 Å². The first kappa shape index (κ1) is 15.7. The van der Waals surface area contributed by atoms with Gasteiger partial charge in [-0.15, -0.1) is 0 Å². The molecule has 5 heteroatoms. The Balaban J connectivity index is 2.25. The molecule has 2 aromatic carbocycles. The molecule has 0 saturated carbocycles. The standard InChI is InChI=1S/C15H15ClO2SSe/c1-11(17)15(20-12-7-3-2-4-8-12)19(18)14-10-6-5-9-13(14)16/h2-11,15,17H,1H3/t11-,15?,19-/m0/s1. The monoisotopic (exact) mass is 374 g/mol. The molecule has 0 aliphatic carbocycles. The van der Waals surface area contributed by atoms with E-state index in [0.717, 1.165) is 4.46 Å². The molecule has 0 radical (unpaired) electrons. The Bertz CT molecular complexity index is 589. The zero-order valence-corrected chi connectivity index (χ0v) is 14.2. The van der Waals surface area contributed by atoms with Crippen LogP contribution in [0.4, 0.5) is 0 Å². The third-order valence-corrected chi connectivity index (χ3v) is 8.76. The molecule has 1 unspecified atom stereocenters. The van der Waals surface area contributed by atoms with E-state index < -0.39 is 16.9 Å². The second kappa shape index (κ2) is 7.39. The summed E-state index contributed by atoms with van der Waals surface area (Å²) in [5.41, 5.74) is 0. The van der Waals surface area contributed by atoms with Crippen molar-refractivity contribution in [2.45, 2.75) is 22.1 Å². The third kappa shape index (κ3) is 3.94. The predicted octanol–water partition coefficient (Wildman–Crippen LogP) is 2.18. The van der Waals surface area contributed by atoms with Crippen molar-refractivity contribution < 1.29 is 9.32 Å². The van der Waals surface area contributed by atoms with Crippen LogP contribution in [-0.2, 0) is 10.8 Å². The van der Waals surface area contributed by atoms with Gasteiger partial charge in [0.2, 0.25) is 0 Å². The number of benzene rings is 2. The molecule has 0 saturated heterocycles. The third-order valence-electron chi connectivity index (χ3n) is 2.65. The van der Waals surface area contributed by atoms with Gasteiger partial charge in [-0.2, -0.15) is 0 Å². The van der Waals surface area contributed by atoms with Gasteiger partial charge in [-0.1, -0.05) is 0 Å². The fourth-order valence-electron chi connectivity index (χ4n) is 1.69. The van der Waals surface area contributed by atoms with Gasteiger partial charge in [0.05, 0.1) is 0 Å². The van der Waals surface area contributed by atoms with Gasteiger partial charge in [0, 0.05) is 0 Å². The average molecular weight is 374 g/mol. The van der Waals surface area contributed by atoms with E-state index in [2.05, 4.69) is 0 Å². The molecule has 0 fully saturated rings. The molecule has 3 atom stereocenters. The number of hydrogen-bond donors (Lipinski definition) is 1. The van der Waals surface area contributed by atoms with E-state index in [1.165, 1.54) is 0 Å².